The molecule has 0 spiro atoms. The highest BCUT2D eigenvalue weighted by Crippen LogP contribution is 2.42. The first-order valence-corrected chi connectivity index (χ1v) is 20.8. The van der Waals surface area contributed by atoms with Crippen molar-refractivity contribution in [3.05, 3.63) is 218 Å². The number of nitrogens with zero attached hydrogens (tertiary/aromatic N) is 4. The van der Waals surface area contributed by atoms with Gasteiger partial charge in [0.15, 0.2) is 17.5 Å². The maximum absolute atomic E-state index is 6.54. The molecule has 5 nitrogen and oxygen atoms in total. The lowest BCUT2D eigenvalue weighted by Crippen LogP contribution is -2.00. The molecule has 0 bridgehead atoms. The van der Waals surface area contributed by atoms with Crippen LogP contribution in [-0.4, -0.2) is 19.5 Å². The zero-order valence-corrected chi connectivity index (χ0v) is 33.5. The summed E-state index contributed by atoms with van der Waals surface area (Å²) in [4.78, 5) is 15.1. The topological polar surface area (TPSA) is 56.7 Å². The lowest BCUT2D eigenvalue weighted by atomic mass is 9.93. The third-order valence-corrected chi connectivity index (χ3v) is 11.9. The van der Waals surface area contributed by atoms with Crippen LogP contribution in [0.5, 0.6) is 0 Å². The van der Waals surface area contributed by atoms with Gasteiger partial charge in [0.25, 0.3) is 0 Å². The SMILES string of the molecule is c1ccc(-c2nc(-c3ccccc3)nc(-c3cccc4oc5ccc(-c6ccc7c(c6)c6cc(-c8ccccc8-c8ccccc8)ccc6n7-c6ccccc6)cc5c34)n2)cc1. The van der Waals surface area contributed by atoms with Gasteiger partial charge in [-0.1, -0.05) is 164 Å². The Kier molecular flexibility index (Phi) is 8.42. The second kappa shape index (κ2) is 14.7. The summed E-state index contributed by atoms with van der Waals surface area (Å²) in [6, 6.07) is 76.5. The van der Waals surface area contributed by atoms with E-state index in [1.165, 1.54) is 33.0 Å². The van der Waals surface area contributed by atoms with Gasteiger partial charge in [-0.25, -0.2) is 15.0 Å². The predicted molar refractivity (Wildman–Crippen MR) is 254 cm³/mol. The molecule has 0 N–H and O–H groups in total. The number of fused-ring (bicyclic) bond motifs is 6. The Morgan fingerprint density at radius 1 is 0.306 bits per heavy atom. The first-order valence-electron chi connectivity index (χ1n) is 20.8. The lowest BCUT2D eigenvalue weighted by molar-refractivity contribution is 0.669. The molecule has 5 heteroatoms. The lowest BCUT2D eigenvalue weighted by Gasteiger charge is -2.11. The van der Waals surface area contributed by atoms with Gasteiger partial charge in [0.2, 0.25) is 0 Å². The van der Waals surface area contributed by atoms with E-state index in [1.807, 2.05) is 72.8 Å². The van der Waals surface area contributed by atoms with E-state index in [2.05, 4.69) is 150 Å². The molecule has 0 aliphatic heterocycles. The highest BCUT2D eigenvalue weighted by atomic mass is 16.3. The Labute approximate surface area is 357 Å². The first-order chi connectivity index (χ1) is 30.7. The van der Waals surface area contributed by atoms with E-state index in [1.54, 1.807) is 0 Å². The Morgan fingerprint density at radius 2 is 0.774 bits per heavy atom. The first kappa shape index (κ1) is 35.5. The zero-order chi connectivity index (χ0) is 41.0. The average Bonchev–Trinajstić information content (AvgIpc) is 3.90. The molecule has 12 rings (SSSR count). The van der Waals surface area contributed by atoms with Crippen LogP contribution in [0, 0.1) is 0 Å². The molecule has 0 aliphatic rings. The molecule has 0 saturated heterocycles. The summed E-state index contributed by atoms with van der Waals surface area (Å²) < 4.78 is 8.92. The normalized spacial score (nSPS) is 11.5. The minimum atomic E-state index is 0.594. The number of para-hydroxylation sites is 1. The van der Waals surface area contributed by atoms with Crippen molar-refractivity contribution in [1.29, 1.82) is 0 Å². The minimum Gasteiger partial charge on any atom is -0.456 e. The molecule has 0 fully saturated rings. The highest BCUT2D eigenvalue weighted by Gasteiger charge is 2.20. The quantitative estimate of drug-likeness (QED) is 0.161. The molecule has 3 aromatic heterocycles. The monoisotopic (exact) mass is 792 g/mol. The van der Waals surface area contributed by atoms with Crippen molar-refractivity contribution >= 4 is 43.7 Å². The third-order valence-electron chi connectivity index (χ3n) is 11.9. The van der Waals surface area contributed by atoms with E-state index in [0.717, 1.165) is 66.5 Å². The van der Waals surface area contributed by atoms with Crippen LogP contribution < -0.4 is 0 Å². The van der Waals surface area contributed by atoms with E-state index in [0.29, 0.717) is 17.5 Å². The largest absolute Gasteiger partial charge is 0.456 e. The van der Waals surface area contributed by atoms with Crippen molar-refractivity contribution in [1.82, 2.24) is 19.5 Å². The number of benzene rings is 9. The fraction of sp³-hybridized carbons (Fsp3) is 0. The standard InChI is InChI=1S/C57H36N4O/c1-5-16-37(17-6-1)44-24-13-14-25-45(44)42-29-32-51-48(36-42)47-34-40(28-31-50(47)61(51)43-22-11-4-12-23-43)41-30-33-52-49(35-41)54-46(26-15-27-53(54)62-52)57-59-55(38-18-7-2-8-19-38)58-56(60-57)39-20-9-3-10-21-39/h1-36H. The summed E-state index contributed by atoms with van der Waals surface area (Å²) in [6.07, 6.45) is 0. The Bertz CT molecular complexity index is 3560. The second-order valence-corrected chi connectivity index (χ2v) is 15.6. The van der Waals surface area contributed by atoms with Crippen molar-refractivity contribution in [2.75, 3.05) is 0 Å². The highest BCUT2D eigenvalue weighted by molar-refractivity contribution is 6.14. The van der Waals surface area contributed by atoms with Gasteiger partial charge in [-0.2, -0.15) is 0 Å². The molecule has 0 saturated carbocycles. The van der Waals surface area contributed by atoms with Crippen molar-refractivity contribution in [3.8, 4) is 73.2 Å². The summed E-state index contributed by atoms with van der Waals surface area (Å²) in [6.45, 7) is 0. The Hall–Kier alpha value is -8.41. The van der Waals surface area contributed by atoms with E-state index < -0.39 is 0 Å². The molecule has 0 unspecified atom stereocenters. The summed E-state index contributed by atoms with van der Waals surface area (Å²) in [5.74, 6) is 1.83. The van der Waals surface area contributed by atoms with Gasteiger partial charge in [0, 0.05) is 43.9 Å². The van der Waals surface area contributed by atoms with Crippen LogP contribution in [0.2, 0.25) is 0 Å². The predicted octanol–water partition coefficient (Wildman–Crippen LogP) is 14.9. The summed E-state index contributed by atoms with van der Waals surface area (Å²) in [5.41, 5.74) is 14.8. The van der Waals surface area contributed by atoms with Crippen LogP contribution in [-0.2, 0) is 0 Å². The zero-order valence-electron chi connectivity index (χ0n) is 33.5. The minimum absolute atomic E-state index is 0.594. The molecule has 62 heavy (non-hydrogen) atoms. The summed E-state index contributed by atoms with van der Waals surface area (Å²) in [5, 5.41) is 4.35. The van der Waals surface area contributed by atoms with Gasteiger partial charge in [0.05, 0.1) is 11.0 Å². The number of hydrogen-bond donors (Lipinski definition) is 0. The molecule has 0 atom stereocenters. The molecule has 9 aromatic carbocycles. The summed E-state index contributed by atoms with van der Waals surface area (Å²) in [7, 11) is 0. The molecular weight excluding hydrogens is 757 g/mol. The van der Waals surface area contributed by atoms with Gasteiger partial charge in [0.1, 0.15) is 11.2 Å². The maximum atomic E-state index is 6.54. The molecule has 12 aromatic rings. The van der Waals surface area contributed by atoms with Crippen molar-refractivity contribution in [3.63, 3.8) is 0 Å². The molecule has 3 heterocycles. The van der Waals surface area contributed by atoms with Crippen LogP contribution in [0.4, 0.5) is 0 Å². The van der Waals surface area contributed by atoms with Gasteiger partial charge in [-0.15, -0.1) is 0 Å². The number of aromatic nitrogens is 4. The molecule has 0 aliphatic carbocycles. The smallest absolute Gasteiger partial charge is 0.164 e. The second-order valence-electron chi connectivity index (χ2n) is 15.6. The van der Waals surface area contributed by atoms with Gasteiger partial charge < -0.3 is 8.98 Å². The van der Waals surface area contributed by atoms with Crippen LogP contribution in [0.15, 0.2) is 223 Å². The maximum Gasteiger partial charge on any atom is 0.164 e. The molecular formula is C57H36N4O. The van der Waals surface area contributed by atoms with E-state index in [4.69, 9.17) is 19.4 Å². The van der Waals surface area contributed by atoms with E-state index in [-0.39, 0.29) is 0 Å². The Balaban J connectivity index is 1.04. The van der Waals surface area contributed by atoms with Gasteiger partial charge >= 0.3 is 0 Å². The van der Waals surface area contributed by atoms with Crippen molar-refractivity contribution < 1.29 is 4.42 Å². The van der Waals surface area contributed by atoms with Crippen LogP contribution in [0.3, 0.4) is 0 Å². The van der Waals surface area contributed by atoms with Crippen molar-refractivity contribution in [2.24, 2.45) is 0 Å². The number of hydrogen-bond acceptors (Lipinski definition) is 4. The van der Waals surface area contributed by atoms with Crippen molar-refractivity contribution in [2.45, 2.75) is 0 Å². The van der Waals surface area contributed by atoms with E-state index >= 15 is 0 Å². The van der Waals surface area contributed by atoms with Crippen LogP contribution >= 0.6 is 0 Å². The van der Waals surface area contributed by atoms with Crippen LogP contribution in [0.1, 0.15) is 0 Å². The molecule has 290 valence electrons. The fourth-order valence-corrected chi connectivity index (χ4v) is 8.95. The summed E-state index contributed by atoms with van der Waals surface area (Å²) >= 11 is 0. The molecule has 0 amide bonds. The number of rotatable bonds is 7. The molecule has 0 radical (unpaired) electrons. The number of furan rings is 1. The Morgan fingerprint density at radius 3 is 1.40 bits per heavy atom. The fourth-order valence-electron chi connectivity index (χ4n) is 8.95. The van der Waals surface area contributed by atoms with Gasteiger partial charge in [-0.05, 0) is 88.0 Å². The van der Waals surface area contributed by atoms with Crippen LogP contribution in [0.25, 0.3) is 117 Å². The van der Waals surface area contributed by atoms with Gasteiger partial charge in [-0.3, -0.25) is 0 Å². The average molecular weight is 793 g/mol. The third kappa shape index (κ3) is 6.06. The van der Waals surface area contributed by atoms with E-state index in [9.17, 15) is 0 Å².